The maximum Gasteiger partial charge on any atom is 0.187 e. The fraction of sp³-hybridized carbons (Fsp3) is 0.889. The monoisotopic (exact) mass is 478 g/mol. The molecule has 7 heteroatoms. The van der Waals surface area contributed by atoms with Crippen LogP contribution in [0.3, 0.4) is 0 Å². The Labute approximate surface area is 202 Å². The average molecular weight is 479 g/mol. The molecular weight excluding hydrogens is 436 g/mol. The van der Waals surface area contributed by atoms with Crippen LogP contribution in [0.4, 0.5) is 0 Å². The number of fused-ring (bicyclic) bond motifs is 5. The van der Waals surface area contributed by atoms with E-state index in [2.05, 4.69) is 0 Å². The van der Waals surface area contributed by atoms with Crippen LogP contribution in [0.2, 0.25) is 0 Å². The highest BCUT2D eigenvalue weighted by atomic mass is 16.5. The third kappa shape index (κ3) is 2.94. The molecule has 5 aliphatic rings. The summed E-state index contributed by atoms with van der Waals surface area (Å²) in [7, 11) is 0. The van der Waals surface area contributed by atoms with Gasteiger partial charge in [-0.1, -0.05) is 13.8 Å². The van der Waals surface area contributed by atoms with Crippen molar-refractivity contribution in [2.24, 2.45) is 22.7 Å². The van der Waals surface area contributed by atoms with Crippen molar-refractivity contribution >= 4 is 5.78 Å². The minimum atomic E-state index is -1.77. The summed E-state index contributed by atoms with van der Waals surface area (Å²) in [5.74, 6) is -1.00. The van der Waals surface area contributed by atoms with Crippen LogP contribution in [0.25, 0.3) is 0 Å². The molecule has 0 spiro atoms. The highest BCUT2D eigenvalue weighted by Gasteiger charge is 2.72. The molecule has 2 unspecified atom stereocenters. The topological polar surface area (TPSA) is 127 Å². The fourth-order valence-electron chi connectivity index (χ4n) is 8.91. The number of hydrogen-bond acceptors (Lipinski definition) is 7. The lowest BCUT2D eigenvalue weighted by Crippen LogP contribution is -2.69. The van der Waals surface area contributed by atoms with E-state index in [-0.39, 0.29) is 36.4 Å². The number of carbonyl (C=O) groups is 1. The second-order valence-electron chi connectivity index (χ2n) is 13.4. The SMILES string of the molecule is CC1(C)CCC([C@](C)(O)[C@H]2CC[C@@]3(O)C4=CC(=O)[C@]5(O)C[C@@H](O)[C@@H](O)C[C@]5(C)C4CC[C@]23C)O1. The molecule has 10 atom stereocenters. The van der Waals surface area contributed by atoms with Crippen molar-refractivity contribution in [1.29, 1.82) is 0 Å². The number of ether oxygens (including phenoxy) is 1. The first kappa shape index (κ1) is 24.8. The van der Waals surface area contributed by atoms with Gasteiger partial charge in [0.25, 0.3) is 0 Å². The Balaban J connectivity index is 1.53. The van der Waals surface area contributed by atoms with Gasteiger partial charge in [-0.15, -0.1) is 0 Å². The van der Waals surface area contributed by atoms with E-state index in [0.29, 0.717) is 31.3 Å². The van der Waals surface area contributed by atoms with Crippen LogP contribution in [0.1, 0.15) is 86.0 Å². The molecule has 3 saturated carbocycles. The van der Waals surface area contributed by atoms with Crippen molar-refractivity contribution in [1.82, 2.24) is 0 Å². The van der Waals surface area contributed by atoms with Gasteiger partial charge in [-0.05, 0) is 89.2 Å². The smallest absolute Gasteiger partial charge is 0.187 e. The molecule has 1 aliphatic heterocycles. The van der Waals surface area contributed by atoms with E-state index in [0.717, 1.165) is 12.8 Å². The van der Waals surface area contributed by atoms with Gasteiger partial charge in [0.2, 0.25) is 0 Å². The number of aliphatic hydroxyl groups excluding tert-OH is 2. The molecule has 5 rings (SSSR count). The van der Waals surface area contributed by atoms with E-state index in [1.165, 1.54) is 6.08 Å². The molecule has 0 bridgehead atoms. The van der Waals surface area contributed by atoms with Gasteiger partial charge < -0.3 is 30.3 Å². The lowest BCUT2D eigenvalue weighted by molar-refractivity contribution is -0.213. The fourth-order valence-corrected chi connectivity index (χ4v) is 8.91. The molecule has 0 aromatic rings. The number of carbonyl (C=O) groups excluding carboxylic acids is 1. The molecule has 1 saturated heterocycles. The summed E-state index contributed by atoms with van der Waals surface area (Å²) in [5, 5.41) is 56.4. The maximum absolute atomic E-state index is 13.4. The predicted octanol–water partition coefficient (Wildman–Crippen LogP) is 2.01. The van der Waals surface area contributed by atoms with Crippen molar-refractivity contribution in [2.75, 3.05) is 0 Å². The maximum atomic E-state index is 13.4. The van der Waals surface area contributed by atoms with Gasteiger partial charge in [0.05, 0.1) is 35.1 Å². The van der Waals surface area contributed by atoms with Gasteiger partial charge in [0, 0.05) is 17.3 Å². The Bertz CT molecular complexity index is 926. The molecule has 0 aromatic heterocycles. The molecule has 192 valence electrons. The van der Waals surface area contributed by atoms with Gasteiger partial charge in [-0.25, -0.2) is 0 Å². The molecule has 1 heterocycles. The predicted molar refractivity (Wildman–Crippen MR) is 125 cm³/mol. The molecule has 0 radical (unpaired) electrons. The lowest BCUT2D eigenvalue weighted by Gasteiger charge is -2.62. The number of ketones is 1. The van der Waals surface area contributed by atoms with Crippen LogP contribution in [0.15, 0.2) is 11.6 Å². The van der Waals surface area contributed by atoms with Crippen LogP contribution < -0.4 is 0 Å². The summed E-state index contributed by atoms with van der Waals surface area (Å²) < 4.78 is 6.24. The zero-order valence-electron chi connectivity index (χ0n) is 21.2. The van der Waals surface area contributed by atoms with Crippen molar-refractivity contribution < 1.29 is 35.1 Å². The molecule has 4 aliphatic carbocycles. The van der Waals surface area contributed by atoms with E-state index in [9.17, 15) is 30.3 Å². The first-order valence-electron chi connectivity index (χ1n) is 13.0. The van der Waals surface area contributed by atoms with Crippen LogP contribution >= 0.6 is 0 Å². The summed E-state index contributed by atoms with van der Waals surface area (Å²) in [5.41, 5.74) is -5.48. The second kappa shape index (κ2) is 7.14. The average Bonchev–Trinajstić information content (AvgIpc) is 3.23. The van der Waals surface area contributed by atoms with Gasteiger partial charge in [0.1, 0.15) is 5.60 Å². The van der Waals surface area contributed by atoms with Crippen molar-refractivity contribution in [3.63, 3.8) is 0 Å². The van der Waals surface area contributed by atoms with E-state index >= 15 is 0 Å². The summed E-state index contributed by atoms with van der Waals surface area (Å²) >= 11 is 0. The first-order valence-corrected chi connectivity index (χ1v) is 13.0. The zero-order chi connectivity index (χ0) is 25.1. The zero-order valence-corrected chi connectivity index (χ0v) is 21.2. The third-order valence-corrected chi connectivity index (χ3v) is 11.1. The Kier molecular flexibility index (Phi) is 5.22. The minimum absolute atomic E-state index is 0.0946. The van der Waals surface area contributed by atoms with E-state index < -0.39 is 45.6 Å². The van der Waals surface area contributed by atoms with Crippen molar-refractivity contribution in [3.8, 4) is 0 Å². The summed E-state index contributed by atoms with van der Waals surface area (Å²) in [4.78, 5) is 13.4. The highest BCUT2D eigenvalue weighted by molar-refractivity contribution is 6.00. The molecule has 0 aromatic carbocycles. The van der Waals surface area contributed by atoms with Gasteiger partial charge >= 0.3 is 0 Å². The quantitative estimate of drug-likeness (QED) is 0.411. The molecule has 5 N–H and O–H groups in total. The first-order chi connectivity index (χ1) is 15.5. The Morgan fingerprint density at radius 1 is 0.912 bits per heavy atom. The van der Waals surface area contributed by atoms with Crippen LogP contribution in [-0.2, 0) is 9.53 Å². The van der Waals surface area contributed by atoms with E-state index in [1.54, 1.807) is 0 Å². The summed E-state index contributed by atoms with van der Waals surface area (Å²) in [6.45, 7) is 9.77. The van der Waals surface area contributed by atoms with E-state index in [1.807, 2.05) is 34.6 Å². The summed E-state index contributed by atoms with van der Waals surface area (Å²) in [6, 6.07) is 0. The Hall–Kier alpha value is -0.830. The molecular formula is C27H42O7. The van der Waals surface area contributed by atoms with Crippen molar-refractivity contribution in [2.45, 2.75) is 127 Å². The standard InChI is InChI=1S/C27H42O7/c1-22(2)9-8-21(34-22)25(5,31)19-7-11-26(32)16-12-20(30)27(33)14-18(29)17(28)13-24(27,4)15(16)6-10-23(19,26)3/h12,15,17-19,21,28-29,31-33H,6-11,13-14H2,1-5H3/t15?,17-,18+,19-,21?,23+,24+,25+,26+,27+/m0/s1. The van der Waals surface area contributed by atoms with Crippen LogP contribution in [-0.4, -0.2) is 72.0 Å². The Morgan fingerprint density at radius 2 is 1.56 bits per heavy atom. The second-order valence-corrected chi connectivity index (χ2v) is 13.4. The largest absolute Gasteiger partial charge is 0.390 e. The van der Waals surface area contributed by atoms with Gasteiger partial charge in [0.15, 0.2) is 5.78 Å². The Morgan fingerprint density at radius 3 is 2.18 bits per heavy atom. The van der Waals surface area contributed by atoms with Gasteiger partial charge in [-0.2, -0.15) is 0 Å². The number of hydrogen-bond donors (Lipinski definition) is 5. The van der Waals surface area contributed by atoms with Gasteiger partial charge in [-0.3, -0.25) is 4.79 Å². The summed E-state index contributed by atoms with van der Waals surface area (Å²) in [6.07, 6.45) is 2.75. The van der Waals surface area contributed by atoms with Crippen LogP contribution in [0, 0.1) is 22.7 Å². The normalized spacial score (nSPS) is 54.0. The molecule has 4 fully saturated rings. The highest BCUT2D eigenvalue weighted by Crippen LogP contribution is 2.69. The number of rotatable bonds is 2. The molecule has 34 heavy (non-hydrogen) atoms. The van der Waals surface area contributed by atoms with Crippen LogP contribution in [0.5, 0.6) is 0 Å². The minimum Gasteiger partial charge on any atom is -0.390 e. The third-order valence-electron chi connectivity index (χ3n) is 11.1. The van der Waals surface area contributed by atoms with E-state index in [4.69, 9.17) is 4.74 Å². The molecule has 7 nitrogen and oxygen atoms in total. The molecule has 0 amide bonds. The lowest BCUT2D eigenvalue weighted by atomic mass is 9.44. The van der Waals surface area contributed by atoms with Crippen molar-refractivity contribution in [3.05, 3.63) is 11.6 Å². The number of aliphatic hydroxyl groups is 5.